The van der Waals surface area contributed by atoms with Gasteiger partial charge in [0, 0.05) is 36.5 Å². The molecule has 0 aliphatic carbocycles. The number of carbonyl (C=O) groups excluding carboxylic acids is 1. The fourth-order valence-corrected chi connectivity index (χ4v) is 5.80. The smallest absolute Gasteiger partial charge is 0.282 e. The van der Waals surface area contributed by atoms with Gasteiger partial charge in [-0.1, -0.05) is 47.5 Å². The molecule has 40 heavy (non-hydrogen) atoms. The highest BCUT2D eigenvalue weighted by atomic mass is 35.5. The normalized spacial score (nSPS) is 13.0. The summed E-state index contributed by atoms with van der Waals surface area (Å²) in [6.07, 6.45) is 6.39. The van der Waals surface area contributed by atoms with Gasteiger partial charge in [0.25, 0.3) is 11.7 Å². The molecular weight excluding hydrogens is 541 g/mol. The third-order valence-electron chi connectivity index (χ3n) is 7.31. The van der Waals surface area contributed by atoms with Crippen LogP contribution in [0.3, 0.4) is 0 Å². The molecule has 0 bridgehead atoms. The lowest BCUT2D eigenvalue weighted by Crippen LogP contribution is -2.35. The van der Waals surface area contributed by atoms with Crippen molar-refractivity contribution in [3.05, 3.63) is 100 Å². The Morgan fingerprint density at radius 2 is 1.52 bits per heavy atom. The van der Waals surface area contributed by atoms with Crippen molar-refractivity contribution < 1.29 is 9.36 Å². The third-order valence-corrected chi connectivity index (χ3v) is 8.03. The molecule has 0 saturated heterocycles. The van der Waals surface area contributed by atoms with Crippen LogP contribution in [0, 0.1) is 0 Å². The van der Waals surface area contributed by atoms with E-state index in [9.17, 15) is 4.79 Å². The lowest BCUT2D eigenvalue weighted by Gasteiger charge is -2.23. The van der Waals surface area contributed by atoms with Crippen LogP contribution in [0.1, 0.15) is 43.9 Å². The van der Waals surface area contributed by atoms with Crippen molar-refractivity contribution in [2.75, 3.05) is 28.2 Å². The number of para-hydroxylation sites is 1. The Kier molecular flexibility index (Phi) is 8.19. The van der Waals surface area contributed by atoms with Gasteiger partial charge >= 0.3 is 0 Å². The Morgan fingerprint density at radius 1 is 0.875 bits per heavy atom. The minimum atomic E-state index is -0.123. The topological polar surface area (TPSA) is 44.4 Å². The number of nitrogens with one attached hydrogen (secondary N) is 1. The average Bonchev–Trinajstić information content (AvgIpc) is 3.43. The van der Waals surface area contributed by atoms with Gasteiger partial charge in [-0.15, -0.1) is 0 Å². The van der Waals surface area contributed by atoms with E-state index in [-0.39, 0.29) is 5.91 Å². The zero-order valence-electron chi connectivity index (χ0n) is 23.3. The number of carbonyl (C=O) groups is 1. The second-order valence-corrected chi connectivity index (χ2v) is 10.3. The number of benzene rings is 3. The van der Waals surface area contributed by atoms with Crippen molar-refractivity contribution in [1.82, 2.24) is 4.57 Å². The summed E-state index contributed by atoms with van der Waals surface area (Å²) < 4.78 is 4.54. The summed E-state index contributed by atoms with van der Waals surface area (Å²) in [4.78, 5) is 17.5. The fourth-order valence-electron chi connectivity index (χ4n) is 5.49. The molecule has 3 aromatic carbocycles. The Hall–Kier alpha value is -3.74. The number of allylic oxidation sites excluding steroid dienone is 2. The number of hydrogen-bond acceptors (Lipinski definition) is 3. The zero-order chi connectivity index (χ0) is 28.4. The third kappa shape index (κ3) is 4.98. The zero-order valence-corrected chi connectivity index (χ0v) is 24.8. The molecule has 6 nitrogen and oxygen atoms in total. The molecule has 0 atom stereocenters. The van der Waals surface area contributed by atoms with E-state index in [0.717, 1.165) is 65.9 Å². The molecule has 206 valence electrons. The van der Waals surface area contributed by atoms with E-state index < -0.39 is 0 Å². The van der Waals surface area contributed by atoms with Gasteiger partial charge < -0.3 is 15.1 Å². The first-order valence-electron chi connectivity index (χ1n) is 13.8. The van der Waals surface area contributed by atoms with Crippen LogP contribution < -0.4 is 19.7 Å². The summed E-state index contributed by atoms with van der Waals surface area (Å²) in [6.45, 7) is 11.7. The maximum atomic E-state index is 13.0. The minimum absolute atomic E-state index is 0.123. The van der Waals surface area contributed by atoms with Crippen LogP contribution >= 0.6 is 23.2 Å². The quantitative estimate of drug-likeness (QED) is 0.219. The van der Waals surface area contributed by atoms with Crippen molar-refractivity contribution in [3.8, 4) is 0 Å². The number of anilines is 3. The molecule has 5 rings (SSSR count). The standard InChI is InChI=1S/C32H33Cl2N5O/c1-5-36-26-18-17-22(32(40)35-23-13-10-9-11-14-23)19-27(26)37(6-2)30(36)15-12-16-31-38(7-3)28-20-24(33)25(34)21-29(28)39(31)8-4/h9-21H,5-8H2,1-4H3/p+1. The SMILES string of the molecule is CCN1C(=C/C=C/c2n(CC)c3cc(C(=O)Nc4ccccc4)ccc3[n+]2CC)N(CC)c2cc(Cl)c(Cl)cc21. The summed E-state index contributed by atoms with van der Waals surface area (Å²) in [6, 6.07) is 19.3. The molecule has 4 aromatic rings. The Balaban J connectivity index is 1.51. The number of rotatable bonds is 8. The molecule has 1 N–H and O–H groups in total. The van der Waals surface area contributed by atoms with Gasteiger partial charge in [0.05, 0.1) is 34.5 Å². The minimum Gasteiger partial charge on any atom is -0.326 e. The van der Waals surface area contributed by atoms with E-state index >= 15 is 0 Å². The second-order valence-electron chi connectivity index (χ2n) is 9.50. The van der Waals surface area contributed by atoms with Gasteiger partial charge in [-0.2, -0.15) is 0 Å². The largest absolute Gasteiger partial charge is 0.326 e. The van der Waals surface area contributed by atoms with E-state index in [1.165, 1.54) is 0 Å². The molecule has 1 amide bonds. The Bertz CT molecular complexity index is 1580. The molecule has 1 aliphatic rings. The number of amides is 1. The predicted octanol–water partition coefficient (Wildman–Crippen LogP) is 7.75. The highest BCUT2D eigenvalue weighted by Crippen LogP contribution is 2.45. The highest BCUT2D eigenvalue weighted by Gasteiger charge is 2.30. The van der Waals surface area contributed by atoms with Gasteiger partial charge in [-0.3, -0.25) is 4.79 Å². The summed E-state index contributed by atoms with van der Waals surface area (Å²) in [5.74, 6) is 2.03. The van der Waals surface area contributed by atoms with Gasteiger partial charge in [0.2, 0.25) is 0 Å². The molecule has 8 heteroatoms. The van der Waals surface area contributed by atoms with Crippen LogP contribution in [0.25, 0.3) is 17.1 Å². The maximum absolute atomic E-state index is 13.0. The van der Waals surface area contributed by atoms with E-state index in [1.54, 1.807) is 0 Å². The van der Waals surface area contributed by atoms with Crippen LogP contribution in [0.2, 0.25) is 10.0 Å². The van der Waals surface area contributed by atoms with E-state index in [1.807, 2.05) is 60.7 Å². The molecule has 0 unspecified atom stereocenters. The first-order valence-corrected chi connectivity index (χ1v) is 14.5. The number of hydrogen-bond donors (Lipinski definition) is 1. The van der Waals surface area contributed by atoms with Crippen LogP contribution in [0.4, 0.5) is 17.1 Å². The Morgan fingerprint density at radius 3 is 2.10 bits per heavy atom. The van der Waals surface area contributed by atoms with Crippen molar-refractivity contribution in [2.45, 2.75) is 40.8 Å². The summed E-state index contributed by atoms with van der Waals surface area (Å²) in [5, 5.41) is 4.10. The van der Waals surface area contributed by atoms with Crippen LogP contribution in [-0.2, 0) is 13.1 Å². The Labute approximate surface area is 245 Å². The van der Waals surface area contributed by atoms with Crippen LogP contribution in [0.5, 0.6) is 0 Å². The molecular formula is C32H34Cl2N5O+. The van der Waals surface area contributed by atoms with Crippen LogP contribution in [0.15, 0.2) is 78.6 Å². The number of halogens is 2. The van der Waals surface area contributed by atoms with Crippen molar-refractivity contribution in [2.24, 2.45) is 0 Å². The van der Waals surface area contributed by atoms with E-state index in [2.05, 4.69) is 70.2 Å². The number of imidazole rings is 1. The maximum Gasteiger partial charge on any atom is 0.282 e. The van der Waals surface area contributed by atoms with Gasteiger partial charge in [-0.05, 0) is 70.2 Å². The van der Waals surface area contributed by atoms with Crippen molar-refractivity contribution in [3.63, 3.8) is 0 Å². The van der Waals surface area contributed by atoms with Gasteiger partial charge in [-0.25, -0.2) is 9.13 Å². The molecule has 0 spiro atoms. The molecule has 0 fully saturated rings. The van der Waals surface area contributed by atoms with E-state index in [0.29, 0.717) is 15.6 Å². The second kappa shape index (κ2) is 11.8. The van der Waals surface area contributed by atoms with Crippen molar-refractivity contribution >= 4 is 63.3 Å². The number of nitrogens with zero attached hydrogens (tertiary/aromatic N) is 4. The van der Waals surface area contributed by atoms with Gasteiger partial charge in [0.15, 0.2) is 11.0 Å². The number of aryl methyl sites for hydroxylation is 2. The molecule has 0 saturated carbocycles. The number of fused-ring (bicyclic) bond motifs is 2. The molecule has 1 aliphatic heterocycles. The van der Waals surface area contributed by atoms with Crippen molar-refractivity contribution in [1.29, 1.82) is 0 Å². The molecule has 1 aromatic heterocycles. The monoisotopic (exact) mass is 574 g/mol. The summed E-state index contributed by atoms with van der Waals surface area (Å²) in [5.41, 5.74) is 5.65. The van der Waals surface area contributed by atoms with Gasteiger partial charge in [0.1, 0.15) is 5.82 Å². The first kappa shape index (κ1) is 27.8. The average molecular weight is 576 g/mol. The molecule has 0 radical (unpaired) electrons. The lowest BCUT2D eigenvalue weighted by molar-refractivity contribution is -0.670. The van der Waals surface area contributed by atoms with Crippen LogP contribution in [-0.4, -0.2) is 23.6 Å². The number of aromatic nitrogens is 2. The first-order chi connectivity index (χ1) is 19.4. The fraction of sp³-hybridized carbons (Fsp3) is 0.250. The summed E-state index contributed by atoms with van der Waals surface area (Å²) in [7, 11) is 0. The summed E-state index contributed by atoms with van der Waals surface area (Å²) >= 11 is 12.7. The molecule has 2 heterocycles. The van der Waals surface area contributed by atoms with E-state index in [4.69, 9.17) is 23.2 Å². The predicted molar refractivity (Wildman–Crippen MR) is 167 cm³/mol. The lowest BCUT2D eigenvalue weighted by atomic mass is 10.1. The highest BCUT2D eigenvalue weighted by molar-refractivity contribution is 6.42.